The maximum absolute atomic E-state index is 13.5. The minimum Gasteiger partial charge on any atom is -0.333 e. The number of piperazine rings is 1. The number of rotatable bonds is 4. The van der Waals surface area contributed by atoms with Gasteiger partial charge in [-0.25, -0.2) is 18.3 Å². The Labute approximate surface area is 189 Å². The summed E-state index contributed by atoms with van der Waals surface area (Å²) in [5, 5.41) is 4.32. The highest BCUT2D eigenvalue weighted by atomic mass is 19.1. The van der Waals surface area contributed by atoms with Gasteiger partial charge in [-0.05, 0) is 48.4 Å². The van der Waals surface area contributed by atoms with E-state index < -0.39 is 0 Å². The molecule has 0 spiro atoms. The molecule has 0 radical (unpaired) electrons. The number of carbonyl (C=O) groups is 1. The summed E-state index contributed by atoms with van der Waals surface area (Å²) in [5.41, 5.74) is 2.66. The van der Waals surface area contributed by atoms with Crippen LogP contribution in [0.3, 0.4) is 0 Å². The van der Waals surface area contributed by atoms with Crippen molar-refractivity contribution in [3.63, 3.8) is 0 Å². The fraction of sp³-hybridized carbons (Fsp3) is 0.250. The number of carbonyl (C=O) groups excluding carboxylic acids is 1. The van der Waals surface area contributed by atoms with Gasteiger partial charge in [-0.3, -0.25) is 9.69 Å². The van der Waals surface area contributed by atoms with E-state index in [1.165, 1.54) is 24.3 Å². The van der Waals surface area contributed by atoms with E-state index in [-0.39, 0.29) is 29.4 Å². The average Bonchev–Trinajstić information content (AvgIpc) is 3.28. The van der Waals surface area contributed by atoms with Crippen LogP contribution >= 0.6 is 0 Å². The van der Waals surface area contributed by atoms with Crippen molar-refractivity contribution < 1.29 is 13.6 Å². The van der Waals surface area contributed by atoms with Gasteiger partial charge in [-0.15, -0.1) is 5.10 Å². The third kappa shape index (κ3) is 4.19. The van der Waals surface area contributed by atoms with Crippen molar-refractivity contribution in [2.45, 2.75) is 13.0 Å². The van der Waals surface area contributed by atoms with Crippen LogP contribution in [0, 0.1) is 18.6 Å². The minimum absolute atomic E-state index is 0.124. The molecule has 1 amide bonds. The molecule has 7 nitrogen and oxygen atoms in total. The summed E-state index contributed by atoms with van der Waals surface area (Å²) in [5.74, 6) is -0.336. The summed E-state index contributed by atoms with van der Waals surface area (Å²) < 4.78 is 28.6. The number of halogens is 2. The maximum atomic E-state index is 13.5. The molecule has 0 N–H and O–H groups in total. The molecule has 0 saturated carbocycles. The van der Waals surface area contributed by atoms with Gasteiger partial charge < -0.3 is 4.90 Å². The van der Waals surface area contributed by atoms with Gasteiger partial charge in [0.2, 0.25) is 5.82 Å². The van der Waals surface area contributed by atoms with Crippen LogP contribution < -0.4 is 0 Å². The van der Waals surface area contributed by atoms with E-state index in [1.54, 1.807) is 45.9 Å². The van der Waals surface area contributed by atoms with E-state index in [0.29, 0.717) is 32.0 Å². The zero-order chi connectivity index (χ0) is 22.9. The molecule has 1 aliphatic heterocycles. The average molecular weight is 448 g/mol. The van der Waals surface area contributed by atoms with E-state index in [9.17, 15) is 13.6 Å². The predicted molar refractivity (Wildman–Crippen MR) is 118 cm³/mol. The first-order valence-electron chi connectivity index (χ1n) is 10.7. The highest BCUT2D eigenvalue weighted by molar-refractivity contribution is 5.91. The standard InChI is InChI=1S/C24H22F2N6O/c1-16-10-11-27-24-28-22(29-32(16)24)23(33)31-14-12-30(13-15-31)21(17-2-6-19(25)7-3-17)18-4-8-20(26)9-5-18/h2-11,21H,12-15H2,1H3. The first-order chi connectivity index (χ1) is 16.0. The van der Waals surface area contributed by atoms with Crippen LogP contribution in [0.5, 0.6) is 0 Å². The van der Waals surface area contributed by atoms with Gasteiger partial charge in [-0.1, -0.05) is 24.3 Å². The third-order valence-corrected chi connectivity index (χ3v) is 5.96. The second-order valence-electron chi connectivity index (χ2n) is 8.07. The lowest BCUT2D eigenvalue weighted by Crippen LogP contribution is -2.50. The summed E-state index contributed by atoms with van der Waals surface area (Å²) in [6.45, 7) is 4.03. The van der Waals surface area contributed by atoms with Gasteiger partial charge in [0.1, 0.15) is 11.6 Å². The quantitative estimate of drug-likeness (QED) is 0.480. The zero-order valence-corrected chi connectivity index (χ0v) is 18.0. The van der Waals surface area contributed by atoms with Crippen LogP contribution in [0.25, 0.3) is 5.78 Å². The molecule has 33 heavy (non-hydrogen) atoms. The van der Waals surface area contributed by atoms with Crippen molar-refractivity contribution in [1.82, 2.24) is 29.4 Å². The molecule has 0 aliphatic carbocycles. The van der Waals surface area contributed by atoms with Crippen LogP contribution in [0.1, 0.15) is 33.5 Å². The Morgan fingerprint density at radius 1 is 0.879 bits per heavy atom. The van der Waals surface area contributed by atoms with Gasteiger partial charge >= 0.3 is 0 Å². The highest BCUT2D eigenvalue weighted by Crippen LogP contribution is 2.30. The Kier molecular flexibility index (Phi) is 5.55. The molecule has 0 unspecified atom stereocenters. The number of benzene rings is 2. The fourth-order valence-corrected chi connectivity index (χ4v) is 4.23. The molecule has 2 aromatic carbocycles. The van der Waals surface area contributed by atoms with Crippen LogP contribution in [-0.2, 0) is 0 Å². The molecule has 0 bridgehead atoms. The van der Waals surface area contributed by atoms with Gasteiger partial charge in [0.15, 0.2) is 0 Å². The summed E-state index contributed by atoms with van der Waals surface area (Å²) in [6.07, 6.45) is 1.64. The van der Waals surface area contributed by atoms with E-state index >= 15 is 0 Å². The Bertz CT molecular complexity index is 1240. The fourth-order valence-electron chi connectivity index (χ4n) is 4.23. The summed E-state index contributed by atoms with van der Waals surface area (Å²) in [7, 11) is 0. The second kappa shape index (κ2) is 8.67. The van der Waals surface area contributed by atoms with Gasteiger partial charge in [0.25, 0.3) is 11.7 Å². The monoisotopic (exact) mass is 448 g/mol. The molecule has 9 heteroatoms. The Morgan fingerprint density at radius 3 is 2.00 bits per heavy atom. The number of aromatic nitrogens is 4. The van der Waals surface area contributed by atoms with E-state index in [4.69, 9.17) is 0 Å². The van der Waals surface area contributed by atoms with Crippen molar-refractivity contribution in [3.8, 4) is 0 Å². The molecule has 1 aliphatic rings. The van der Waals surface area contributed by atoms with Crippen molar-refractivity contribution in [2.75, 3.05) is 26.2 Å². The molecule has 1 fully saturated rings. The molecule has 4 aromatic rings. The van der Waals surface area contributed by atoms with E-state index in [2.05, 4.69) is 20.0 Å². The number of nitrogens with zero attached hydrogens (tertiary/aromatic N) is 6. The second-order valence-corrected chi connectivity index (χ2v) is 8.07. The third-order valence-electron chi connectivity index (χ3n) is 5.96. The lowest BCUT2D eigenvalue weighted by molar-refractivity contribution is 0.0586. The van der Waals surface area contributed by atoms with Crippen LogP contribution in [0.4, 0.5) is 8.78 Å². The molecular weight excluding hydrogens is 426 g/mol. The molecular formula is C24H22F2N6O. The topological polar surface area (TPSA) is 66.6 Å². The summed E-state index contributed by atoms with van der Waals surface area (Å²) in [4.78, 5) is 25.4. The normalized spacial score (nSPS) is 14.8. The molecule has 168 valence electrons. The van der Waals surface area contributed by atoms with Crippen molar-refractivity contribution >= 4 is 11.7 Å². The Morgan fingerprint density at radius 2 is 1.45 bits per heavy atom. The van der Waals surface area contributed by atoms with Crippen LogP contribution in [0.2, 0.25) is 0 Å². The van der Waals surface area contributed by atoms with E-state index in [0.717, 1.165) is 16.8 Å². The predicted octanol–water partition coefficient (Wildman–Crippen LogP) is 3.26. The van der Waals surface area contributed by atoms with Gasteiger partial charge in [0.05, 0.1) is 6.04 Å². The lowest BCUT2D eigenvalue weighted by atomic mass is 9.96. The maximum Gasteiger partial charge on any atom is 0.293 e. The van der Waals surface area contributed by atoms with Gasteiger partial charge in [-0.2, -0.15) is 4.98 Å². The van der Waals surface area contributed by atoms with Crippen molar-refractivity contribution in [3.05, 3.63) is 95.1 Å². The zero-order valence-electron chi connectivity index (χ0n) is 18.0. The first-order valence-corrected chi connectivity index (χ1v) is 10.7. The number of hydrogen-bond donors (Lipinski definition) is 0. The summed E-state index contributed by atoms with van der Waals surface area (Å²) >= 11 is 0. The minimum atomic E-state index is -0.309. The number of fused-ring (bicyclic) bond motifs is 1. The molecule has 5 rings (SSSR count). The number of amides is 1. The smallest absolute Gasteiger partial charge is 0.293 e. The van der Waals surface area contributed by atoms with Crippen LogP contribution in [0.15, 0.2) is 60.8 Å². The van der Waals surface area contributed by atoms with Crippen molar-refractivity contribution in [1.29, 1.82) is 0 Å². The molecule has 2 aromatic heterocycles. The summed E-state index contributed by atoms with van der Waals surface area (Å²) in [6, 6.07) is 14.3. The highest BCUT2D eigenvalue weighted by Gasteiger charge is 2.30. The van der Waals surface area contributed by atoms with E-state index in [1.807, 2.05) is 6.92 Å². The number of hydrogen-bond acceptors (Lipinski definition) is 5. The largest absolute Gasteiger partial charge is 0.333 e. The Hall–Kier alpha value is -3.72. The van der Waals surface area contributed by atoms with Crippen molar-refractivity contribution in [2.24, 2.45) is 0 Å². The molecule has 3 heterocycles. The van der Waals surface area contributed by atoms with Gasteiger partial charge in [0, 0.05) is 38.1 Å². The molecule has 0 atom stereocenters. The lowest BCUT2D eigenvalue weighted by Gasteiger charge is -2.39. The van der Waals surface area contributed by atoms with Crippen LogP contribution in [-0.4, -0.2) is 61.5 Å². The first kappa shape index (κ1) is 21.1. The molecule has 1 saturated heterocycles. The Balaban J connectivity index is 1.35. The SMILES string of the molecule is Cc1ccnc2nc(C(=O)N3CCN(C(c4ccc(F)cc4)c4ccc(F)cc4)CC3)nn12. The number of aryl methyl sites for hydroxylation is 1.